The van der Waals surface area contributed by atoms with Crippen molar-refractivity contribution >= 4 is 32.3 Å². The molecule has 0 bridgehead atoms. The lowest BCUT2D eigenvalue weighted by Gasteiger charge is -2.33. The maximum Gasteiger partial charge on any atom is 0.239 e. The Hall–Kier alpha value is -1.47. The van der Waals surface area contributed by atoms with Gasteiger partial charge in [0.25, 0.3) is 0 Å². The molecule has 3 rings (SSSR count). The minimum Gasteiger partial charge on any atom is -0.315 e. The number of nitrogens with zero attached hydrogens (tertiary/aromatic N) is 3. The number of amides is 1. The first-order chi connectivity index (χ1) is 13.5. The summed E-state index contributed by atoms with van der Waals surface area (Å²) in [5, 5.41) is 13.3. The second-order valence-corrected chi connectivity index (χ2v) is 12.2. The minimum absolute atomic E-state index is 0.153. The van der Waals surface area contributed by atoms with Crippen LogP contribution >= 0.6 is 11.3 Å². The number of carbonyl (C=O) groups excluding carboxylic acids is 1. The second kappa shape index (κ2) is 8.34. The fraction of sp³-hybridized carbons (Fsp3) is 0.700. The molecule has 1 aliphatic heterocycles. The molecule has 1 N–H and O–H groups in total. The van der Waals surface area contributed by atoms with E-state index in [0.717, 1.165) is 24.8 Å². The van der Waals surface area contributed by atoms with Crippen LogP contribution < -0.4 is 5.32 Å². The molecular formula is C20H30N4O3S2. The summed E-state index contributed by atoms with van der Waals surface area (Å²) in [6.07, 6.45) is 4.13. The van der Waals surface area contributed by atoms with Gasteiger partial charge in [-0.1, -0.05) is 20.8 Å². The third-order valence-electron chi connectivity index (χ3n) is 6.02. The number of piperazine rings is 1. The summed E-state index contributed by atoms with van der Waals surface area (Å²) >= 11 is 1.54. The molecule has 0 saturated carbocycles. The Kier molecular flexibility index (Phi) is 6.39. The molecule has 0 radical (unpaired) electrons. The van der Waals surface area contributed by atoms with Gasteiger partial charge in [0.05, 0.1) is 18.4 Å². The van der Waals surface area contributed by atoms with Crippen LogP contribution in [0, 0.1) is 22.7 Å². The molecule has 9 heteroatoms. The van der Waals surface area contributed by atoms with Gasteiger partial charge < -0.3 is 5.32 Å². The van der Waals surface area contributed by atoms with Gasteiger partial charge in [-0.25, -0.2) is 8.42 Å². The Morgan fingerprint density at radius 3 is 2.48 bits per heavy atom. The summed E-state index contributed by atoms with van der Waals surface area (Å²) in [6.45, 7) is 8.83. The molecular weight excluding hydrogens is 408 g/mol. The average molecular weight is 439 g/mol. The van der Waals surface area contributed by atoms with Crippen LogP contribution in [-0.4, -0.2) is 62.5 Å². The van der Waals surface area contributed by atoms with Gasteiger partial charge in [0, 0.05) is 31.1 Å². The predicted octanol–water partition coefficient (Wildman–Crippen LogP) is 2.29. The summed E-state index contributed by atoms with van der Waals surface area (Å²) in [5.74, 6) is 0.426. The largest absolute Gasteiger partial charge is 0.315 e. The van der Waals surface area contributed by atoms with Crippen molar-refractivity contribution in [2.75, 3.05) is 44.3 Å². The first-order valence-corrected chi connectivity index (χ1v) is 12.7. The first-order valence-electron chi connectivity index (χ1n) is 10.0. The van der Waals surface area contributed by atoms with Crippen molar-refractivity contribution in [1.29, 1.82) is 5.26 Å². The van der Waals surface area contributed by atoms with Gasteiger partial charge in [-0.2, -0.15) is 9.57 Å². The molecule has 2 heterocycles. The highest BCUT2D eigenvalue weighted by Gasteiger charge is 2.32. The number of anilines is 1. The van der Waals surface area contributed by atoms with Crippen LogP contribution in [0.25, 0.3) is 0 Å². The van der Waals surface area contributed by atoms with E-state index in [0.29, 0.717) is 42.7 Å². The summed E-state index contributed by atoms with van der Waals surface area (Å²) < 4.78 is 24.7. The lowest BCUT2D eigenvalue weighted by Crippen LogP contribution is -2.50. The standard InChI is InChI=1S/C20H30N4O3S2/c1-20(2,3)14-5-6-15-16(12-21)19(28-17(15)11-14)22-18(25)13-23-7-9-24(10-8-23)29(4,26)27/h14H,5-11,13H2,1-4H3,(H,22,25). The molecule has 1 aliphatic carbocycles. The predicted molar refractivity (Wildman–Crippen MR) is 115 cm³/mol. The van der Waals surface area contributed by atoms with Gasteiger partial charge in [-0.15, -0.1) is 11.3 Å². The van der Waals surface area contributed by atoms with Gasteiger partial charge in [-0.3, -0.25) is 9.69 Å². The van der Waals surface area contributed by atoms with Gasteiger partial charge >= 0.3 is 0 Å². The maximum absolute atomic E-state index is 12.6. The molecule has 7 nitrogen and oxygen atoms in total. The lowest BCUT2D eigenvalue weighted by molar-refractivity contribution is -0.117. The normalized spacial score (nSPS) is 21.4. The Labute approximate surface area is 177 Å². The lowest BCUT2D eigenvalue weighted by atomic mass is 9.72. The van der Waals surface area contributed by atoms with E-state index in [4.69, 9.17) is 0 Å². The third-order valence-corrected chi connectivity index (χ3v) is 8.50. The zero-order chi connectivity index (χ0) is 21.4. The zero-order valence-electron chi connectivity index (χ0n) is 17.6. The number of rotatable bonds is 4. The highest BCUT2D eigenvalue weighted by molar-refractivity contribution is 7.88. The van der Waals surface area contributed by atoms with Crippen molar-refractivity contribution < 1.29 is 13.2 Å². The Balaban J connectivity index is 1.63. The number of nitrogens with one attached hydrogen (secondary N) is 1. The number of nitriles is 1. The summed E-state index contributed by atoms with van der Waals surface area (Å²) in [5.41, 5.74) is 1.95. The number of fused-ring (bicyclic) bond motifs is 1. The van der Waals surface area contributed by atoms with Crippen molar-refractivity contribution in [2.45, 2.75) is 40.0 Å². The average Bonchev–Trinajstić information content (AvgIpc) is 2.96. The zero-order valence-corrected chi connectivity index (χ0v) is 19.3. The van der Waals surface area contributed by atoms with E-state index in [2.05, 4.69) is 32.2 Å². The van der Waals surface area contributed by atoms with E-state index in [1.165, 1.54) is 15.4 Å². The van der Waals surface area contributed by atoms with Gasteiger partial charge in [-0.05, 0) is 36.2 Å². The molecule has 29 heavy (non-hydrogen) atoms. The monoisotopic (exact) mass is 438 g/mol. The van der Waals surface area contributed by atoms with E-state index in [-0.39, 0.29) is 17.9 Å². The van der Waals surface area contributed by atoms with Crippen molar-refractivity contribution in [3.63, 3.8) is 0 Å². The van der Waals surface area contributed by atoms with Gasteiger partial charge in [0.1, 0.15) is 11.1 Å². The smallest absolute Gasteiger partial charge is 0.239 e. The van der Waals surface area contributed by atoms with Gasteiger partial charge in [0.15, 0.2) is 0 Å². The topological polar surface area (TPSA) is 93.5 Å². The van der Waals surface area contributed by atoms with E-state index in [1.54, 1.807) is 11.3 Å². The van der Waals surface area contributed by atoms with Crippen LogP contribution in [-0.2, 0) is 27.7 Å². The van der Waals surface area contributed by atoms with Gasteiger partial charge in [0.2, 0.25) is 15.9 Å². The van der Waals surface area contributed by atoms with E-state index in [9.17, 15) is 18.5 Å². The molecule has 1 saturated heterocycles. The highest BCUT2D eigenvalue weighted by Crippen LogP contribution is 2.43. The van der Waals surface area contributed by atoms with Crippen LogP contribution in [0.15, 0.2) is 0 Å². The third kappa shape index (κ3) is 5.18. The Morgan fingerprint density at radius 1 is 1.28 bits per heavy atom. The summed E-state index contributed by atoms with van der Waals surface area (Å²) in [7, 11) is -3.18. The first kappa shape index (κ1) is 22.2. The van der Waals surface area contributed by atoms with Crippen LogP contribution in [0.2, 0.25) is 0 Å². The Morgan fingerprint density at radius 2 is 1.93 bits per heavy atom. The van der Waals surface area contributed by atoms with Crippen LogP contribution in [0.1, 0.15) is 43.2 Å². The quantitative estimate of drug-likeness (QED) is 0.778. The second-order valence-electron chi connectivity index (χ2n) is 9.11. The minimum atomic E-state index is -3.18. The van der Waals surface area contributed by atoms with Crippen molar-refractivity contribution in [3.8, 4) is 6.07 Å². The fourth-order valence-electron chi connectivity index (χ4n) is 4.12. The summed E-state index contributed by atoms with van der Waals surface area (Å²) in [4.78, 5) is 15.8. The number of hydrogen-bond donors (Lipinski definition) is 1. The number of hydrogen-bond acceptors (Lipinski definition) is 6. The fourth-order valence-corrected chi connectivity index (χ4v) is 6.24. The number of sulfonamides is 1. The van der Waals surface area contributed by atoms with E-state index >= 15 is 0 Å². The molecule has 1 fully saturated rings. The van der Waals surface area contributed by atoms with Crippen LogP contribution in [0.4, 0.5) is 5.00 Å². The maximum atomic E-state index is 12.6. The van der Waals surface area contributed by atoms with E-state index in [1.807, 2.05) is 4.90 Å². The molecule has 160 valence electrons. The molecule has 1 amide bonds. The van der Waals surface area contributed by atoms with Crippen molar-refractivity contribution in [1.82, 2.24) is 9.21 Å². The molecule has 2 aliphatic rings. The molecule has 1 unspecified atom stereocenters. The SMILES string of the molecule is CC(C)(C)C1CCc2c(sc(NC(=O)CN3CCN(S(C)(=O)=O)CC3)c2C#N)C1. The molecule has 0 spiro atoms. The van der Waals surface area contributed by atoms with Crippen molar-refractivity contribution in [3.05, 3.63) is 16.0 Å². The molecule has 0 aromatic carbocycles. The highest BCUT2D eigenvalue weighted by atomic mass is 32.2. The van der Waals surface area contributed by atoms with Crippen LogP contribution in [0.3, 0.4) is 0 Å². The summed E-state index contributed by atoms with van der Waals surface area (Å²) in [6, 6.07) is 2.30. The number of thiophene rings is 1. The molecule has 1 aromatic rings. The van der Waals surface area contributed by atoms with Crippen molar-refractivity contribution in [2.24, 2.45) is 11.3 Å². The Bertz CT molecular complexity index is 917. The molecule has 1 atom stereocenters. The number of carbonyl (C=O) groups is 1. The van der Waals surface area contributed by atoms with Crippen LogP contribution in [0.5, 0.6) is 0 Å². The van der Waals surface area contributed by atoms with E-state index < -0.39 is 10.0 Å². The molecule has 1 aromatic heterocycles.